The van der Waals surface area contributed by atoms with Crippen molar-refractivity contribution < 1.29 is 8.83 Å². The van der Waals surface area contributed by atoms with Crippen LogP contribution in [0.4, 0.5) is 17.1 Å². The highest BCUT2D eigenvalue weighted by Gasteiger charge is 2.26. The normalized spacial score (nSPS) is 11.6. The van der Waals surface area contributed by atoms with Crippen LogP contribution in [0, 0.1) is 19.7 Å². The van der Waals surface area contributed by atoms with E-state index in [2.05, 4.69) is 265 Å². The second-order valence-corrected chi connectivity index (χ2v) is 33.8. The molecule has 27 aromatic rings. The van der Waals surface area contributed by atoms with E-state index in [0.29, 0.717) is 34.5 Å². The molecule has 18 aromatic carbocycles. The highest BCUT2D eigenvalue weighted by Crippen LogP contribution is 2.48. The number of furan rings is 2. The van der Waals surface area contributed by atoms with E-state index < -0.39 is 0 Å². The predicted molar refractivity (Wildman–Crippen MR) is 540 cm³/mol. The summed E-state index contributed by atoms with van der Waals surface area (Å²) < 4.78 is 22.6. The smallest absolute Gasteiger partial charge is 0.187 e. The lowest BCUT2D eigenvalue weighted by molar-refractivity contribution is 0.670. The van der Waals surface area contributed by atoms with Gasteiger partial charge in [-0.25, -0.2) is 44.4 Å². The summed E-state index contributed by atoms with van der Waals surface area (Å²) in [7, 11) is 0. The molecule has 0 atom stereocenters. The zero-order valence-corrected chi connectivity index (χ0v) is 71.0. The van der Waals surface area contributed by atoms with E-state index in [9.17, 15) is 0 Å². The zero-order chi connectivity index (χ0) is 87.6. The molecule has 15 heteroatoms. The highest BCUT2D eigenvalue weighted by atomic mass is 32.1. The van der Waals surface area contributed by atoms with Gasteiger partial charge in [-0.15, -0.1) is 11.3 Å². The van der Waals surface area contributed by atoms with Gasteiger partial charge < -0.3 is 22.5 Å². The van der Waals surface area contributed by atoms with Crippen molar-refractivity contribution >= 4 is 191 Å². The Kier molecular flexibility index (Phi) is 17.9. The molecule has 0 N–H and O–H groups in total. The molecule has 612 valence electrons. The van der Waals surface area contributed by atoms with Crippen LogP contribution in [0.2, 0.25) is 0 Å². The Labute approximate surface area is 757 Å². The van der Waals surface area contributed by atoms with E-state index >= 15 is 0 Å². The maximum absolute atomic E-state index is 7.51. The first-order chi connectivity index (χ1) is 65.3. The van der Waals surface area contributed by atoms with Crippen molar-refractivity contribution in [2.45, 2.75) is 0 Å². The highest BCUT2D eigenvalue weighted by molar-refractivity contribution is 7.26. The molecule has 9 heterocycles. The molecule has 9 aromatic heterocycles. The maximum Gasteiger partial charge on any atom is 0.187 e. The summed E-state index contributed by atoms with van der Waals surface area (Å²) >= 11 is 1.86. The van der Waals surface area contributed by atoms with Crippen LogP contribution >= 0.6 is 11.3 Å². The van der Waals surface area contributed by atoms with E-state index in [1.807, 2.05) is 175 Å². The number of hydrogen-bond acceptors (Lipinski definition) is 9. The second kappa shape index (κ2) is 31.1. The van der Waals surface area contributed by atoms with E-state index in [1.54, 1.807) is 0 Å². The van der Waals surface area contributed by atoms with Gasteiger partial charge in [-0.3, -0.25) is 0 Å². The molecular formula is C117H66N12O2S. The molecule has 0 bridgehead atoms. The van der Waals surface area contributed by atoms with E-state index in [0.717, 1.165) is 177 Å². The van der Waals surface area contributed by atoms with Crippen molar-refractivity contribution in [3.05, 3.63) is 435 Å². The predicted octanol–water partition coefficient (Wildman–Crippen LogP) is 32.0. The average molecular weight is 1700 g/mol. The van der Waals surface area contributed by atoms with Crippen LogP contribution in [0.1, 0.15) is 0 Å². The van der Waals surface area contributed by atoms with Gasteiger partial charge in [-0.1, -0.05) is 273 Å². The third kappa shape index (κ3) is 12.6. The Morgan fingerprint density at radius 2 is 0.583 bits per heavy atom. The average Bonchev–Trinajstić information content (AvgIpc) is 1.57. The Morgan fingerprint density at radius 3 is 1.06 bits per heavy atom. The van der Waals surface area contributed by atoms with Gasteiger partial charge >= 0.3 is 0 Å². The maximum atomic E-state index is 7.51. The molecule has 0 aliphatic heterocycles. The van der Waals surface area contributed by atoms with Crippen molar-refractivity contribution in [3.8, 4) is 85.0 Å². The number of para-hydroxylation sites is 8. The SMILES string of the molecule is [C-]#[N+]c1ccc(-c2nc(-c3cccc(-n4c5ccccc5c5ccc6c7ccccc7sc6c54)c3)nc3ccccc23)cc1.[C-]#[N+]c1cccc(-c2nc(-c3ccc(-n4c5ccccc5c5ccc6c7ccccc7oc6c54)cc3)nc3ccccc23)c1.[C-]#[N+]c1cccc(-c2nc(-c3cccc(-n4c5ccccc5c5ccc6c7ccccc7oc6c54)c3)nc3ccccc23)c1. The minimum absolute atomic E-state index is 0.581. The molecule has 0 saturated heterocycles. The van der Waals surface area contributed by atoms with Crippen molar-refractivity contribution in [2.24, 2.45) is 0 Å². The first kappa shape index (κ1) is 76.1. The van der Waals surface area contributed by atoms with Crippen LogP contribution in [0.15, 0.2) is 409 Å². The molecule has 0 radical (unpaired) electrons. The first-order valence-corrected chi connectivity index (χ1v) is 44.2. The molecule has 0 aliphatic carbocycles. The first-order valence-electron chi connectivity index (χ1n) is 43.4. The lowest BCUT2D eigenvalue weighted by Gasteiger charge is -2.12. The summed E-state index contributed by atoms with van der Waals surface area (Å²) in [6.07, 6.45) is 0. The third-order valence-corrected chi connectivity index (χ3v) is 26.4. The summed E-state index contributed by atoms with van der Waals surface area (Å²) in [5, 5.41) is 17.0. The van der Waals surface area contributed by atoms with Crippen molar-refractivity contribution in [2.75, 3.05) is 0 Å². The van der Waals surface area contributed by atoms with Crippen LogP contribution in [0.3, 0.4) is 0 Å². The van der Waals surface area contributed by atoms with Crippen molar-refractivity contribution in [1.29, 1.82) is 0 Å². The summed E-state index contributed by atoms with van der Waals surface area (Å²) in [6.45, 7) is 22.3. The van der Waals surface area contributed by atoms with Crippen LogP contribution < -0.4 is 0 Å². The molecule has 0 fully saturated rings. The number of aromatic nitrogens is 9. The Hall–Kier alpha value is -18.3. The number of thiophene rings is 1. The quantitative estimate of drug-likeness (QED) is 0.131. The fraction of sp³-hybridized carbons (Fsp3) is 0. The summed E-state index contributed by atoms with van der Waals surface area (Å²) in [5.41, 5.74) is 25.7. The molecular weight excluding hydrogens is 1640 g/mol. The van der Waals surface area contributed by atoms with Gasteiger partial charge in [0.1, 0.15) is 11.2 Å². The van der Waals surface area contributed by atoms with E-state index in [-0.39, 0.29) is 0 Å². The van der Waals surface area contributed by atoms with Gasteiger partial charge in [-0.2, -0.15) is 0 Å². The van der Waals surface area contributed by atoms with Crippen LogP contribution in [0.5, 0.6) is 0 Å². The minimum atomic E-state index is 0.581. The van der Waals surface area contributed by atoms with Crippen molar-refractivity contribution in [3.63, 3.8) is 0 Å². The standard InChI is InChI=1S/2C39H22N4O.C39H22N4S/c1-40-26-12-8-10-24(22-26)36-32-16-2-5-17-33(32)41-39(42-36)25-11-9-13-27(23-25)43-34-18-6-3-14-28(34)30-20-21-31-29-15-4-7-19-35(29)44-38(31)37(30)43;1-40-26-10-8-9-25(23-26)36-32-13-2-5-14-33(32)41-39(42-36)24-17-19-27(20-18-24)43-34-15-6-3-11-28(34)30-21-22-31-29-12-4-7-16-35(29)44-38(31)37(30)43;1-40-26-19-17-24(18-20-26)36-32-13-2-5-14-33(32)41-39(42-36)25-9-8-10-27(23-25)43-34-15-6-3-11-28(34)30-21-22-31-29-12-4-7-16-35(29)44-38(31)37(30)43/h3*2-23H. The molecule has 0 spiro atoms. The number of nitrogens with zero attached hydrogens (tertiary/aromatic N) is 12. The van der Waals surface area contributed by atoms with Gasteiger partial charge in [-0.05, 0) is 144 Å². The molecule has 0 amide bonds. The Morgan fingerprint density at radius 1 is 0.227 bits per heavy atom. The molecule has 0 unspecified atom stereocenters. The van der Waals surface area contributed by atoms with Gasteiger partial charge in [0.15, 0.2) is 45.7 Å². The van der Waals surface area contributed by atoms with Gasteiger partial charge in [0.25, 0.3) is 0 Å². The monoisotopic (exact) mass is 1700 g/mol. The lowest BCUT2D eigenvalue weighted by Crippen LogP contribution is -1.98. The summed E-state index contributed by atoms with van der Waals surface area (Å²) in [6, 6.07) is 136. The Bertz CT molecular complexity index is 9630. The van der Waals surface area contributed by atoms with Gasteiger partial charge in [0.2, 0.25) is 0 Å². The van der Waals surface area contributed by atoms with Crippen LogP contribution in [-0.4, -0.2) is 43.6 Å². The largest absolute Gasteiger partial charge is 0.454 e. The minimum Gasteiger partial charge on any atom is -0.454 e. The second-order valence-electron chi connectivity index (χ2n) is 32.7. The number of rotatable bonds is 9. The zero-order valence-electron chi connectivity index (χ0n) is 70.2. The Balaban J connectivity index is 0.000000106. The van der Waals surface area contributed by atoms with Crippen LogP contribution in [0.25, 0.3) is 262 Å². The van der Waals surface area contributed by atoms with Gasteiger partial charge in [0, 0.05) is 119 Å². The molecule has 0 aliphatic rings. The molecule has 132 heavy (non-hydrogen) atoms. The lowest BCUT2D eigenvalue weighted by atomic mass is 10.0. The number of hydrogen-bond donors (Lipinski definition) is 0. The van der Waals surface area contributed by atoms with Crippen molar-refractivity contribution in [1.82, 2.24) is 43.6 Å². The van der Waals surface area contributed by atoms with E-state index in [1.165, 1.54) is 52.8 Å². The fourth-order valence-corrected chi connectivity index (χ4v) is 20.5. The summed E-state index contributed by atoms with van der Waals surface area (Å²) in [4.78, 5) is 41.0. The molecule has 0 saturated carbocycles. The summed E-state index contributed by atoms with van der Waals surface area (Å²) in [5.74, 6) is 1.94. The molecule has 14 nitrogen and oxygen atoms in total. The van der Waals surface area contributed by atoms with Gasteiger partial charge in [0.05, 0.1) is 91.1 Å². The van der Waals surface area contributed by atoms with E-state index in [4.69, 9.17) is 58.5 Å². The third-order valence-electron chi connectivity index (χ3n) is 25.2. The fourth-order valence-electron chi connectivity index (χ4n) is 19.2. The van der Waals surface area contributed by atoms with Crippen LogP contribution in [-0.2, 0) is 0 Å². The number of fused-ring (bicyclic) bond motifs is 24. The number of benzene rings is 18. The topological polar surface area (TPSA) is 131 Å². The molecule has 27 rings (SSSR count).